The van der Waals surface area contributed by atoms with E-state index in [-0.39, 0.29) is 17.9 Å². The summed E-state index contributed by atoms with van der Waals surface area (Å²) in [7, 11) is -4.25. The maximum absolute atomic E-state index is 13.4. The predicted octanol–water partition coefficient (Wildman–Crippen LogP) is 5.87. The van der Waals surface area contributed by atoms with Gasteiger partial charge >= 0.3 is 13.7 Å². The Bertz CT molecular complexity index is 793. The first-order valence-corrected chi connectivity index (χ1v) is 13.0. The lowest BCUT2D eigenvalue weighted by molar-refractivity contribution is -0.178. The summed E-state index contributed by atoms with van der Waals surface area (Å²) in [4.78, 5) is 23.7. The number of nitrogens with two attached hydrogens (primary N) is 1. The van der Waals surface area contributed by atoms with Gasteiger partial charge in [-0.3, -0.25) is 0 Å². The SMILES string of the molecule is CCCC(OC(N)=O)P(=O)(OOc1ccc(SC)cc1)OOc1ccc(SC)cc1. The van der Waals surface area contributed by atoms with Crippen molar-refractivity contribution in [1.82, 2.24) is 0 Å². The average molecular weight is 474 g/mol. The lowest BCUT2D eigenvalue weighted by Gasteiger charge is -2.23. The summed E-state index contributed by atoms with van der Waals surface area (Å²) in [5, 5.41) is 0. The first kappa shape index (κ1) is 24.4. The third-order valence-electron chi connectivity index (χ3n) is 3.73. The van der Waals surface area contributed by atoms with E-state index in [1.807, 2.05) is 43.7 Å². The lowest BCUT2D eigenvalue weighted by Crippen LogP contribution is -2.25. The highest BCUT2D eigenvalue weighted by Crippen LogP contribution is 2.55. The van der Waals surface area contributed by atoms with Crippen molar-refractivity contribution >= 4 is 37.2 Å². The highest BCUT2D eigenvalue weighted by Gasteiger charge is 2.43. The van der Waals surface area contributed by atoms with Gasteiger partial charge in [0, 0.05) is 9.79 Å². The van der Waals surface area contributed by atoms with E-state index < -0.39 is 19.5 Å². The molecule has 0 fully saturated rings. The number of amides is 1. The van der Waals surface area contributed by atoms with Crippen LogP contribution in [0.5, 0.6) is 11.5 Å². The van der Waals surface area contributed by atoms with Gasteiger partial charge in [0.05, 0.1) is 0 Å². The minimum absolute atomic E-state index is 0.157. The Morgan fingerprint density at radius 1 is 0.933 bits per heavy atom. The molecule has 0 saturated heterocycles. The number of hydrogen-bond acceptors (Lipinski definition) is 9. The Balaban J connectivity index is 2.17. The minimum atomic E-state index is -4.25. The van der Waals surface area contributed by atoms with E-state index in [4.69, 9.17) is 29.6 Å². The fourth-order valence-electron chi connectivity index (χ4n) is 2.22. The highest BCUT2D eigenvalue weighted by atomic mass is 32.2. The predicted molar refractivity (Wildman–Crippen MR) is 117 cm³/mol. The highest BCUT2D eigenvalue weighted by molar-refractivity contribution is 7.98. The van der Waals surface area contributed by atoms with Crippen LogP contribution in [-0.2, 0) is 18.7 Å². The topological polar surface area (TPSA) is 106 Å². The Morgan fingerprint density at radius 3 is 1.70 bits per heavy atom. The molecule has 0 saturated carbocycles. The first-order valence-electron chi connectivity index (χ1n) is 8.96. The number of ether oxygens (including phenoxy) is 1. The minimum Gasteiger partial charge on any atom is -0.433 e. The molecule has 2 rings (SSSR count). The number of primary amides is 1. The number of rotatable bonds is 12. The van der Waals surface area contributed by atoms with Crippen LogP contribution in [0.3, 0.4) is 0 Å². The zero-order chi connectivity index (χ0) is 22.0. The summed E-state index contributed by atoms with van der Waals surface area (Å²) in [5.41, 5.74) is 5.12. The third kappa shape index (κ3) is 7.45. The van der Waals surface area contributed by atoms with Crippen molar-refractivity contribution in [2.24, 2.45) is 5.73 Å². The molecule has 0 aliphatic rings. The quantitative estimate of drug-likeness (QED) is 0.175. The van der Waals surface area contributed by atoms with E-state index >= 15 is 0 Å². The molecular weight excluding hydrogens is 449 g/mol. The van der Waals surface area contributed by atoms with Crippen LogP contribution in [-0.4, -0.2) is 24.4 Å². The molecule has 1 amide bonds. The van der Waals surface area contributed by atoms with Crippen molar-refractivity contribution in [3.8, 4) is 11.5 Å². The van der Waals surface area contributed by atoms with Crippen molar-refractivity contribution in [3.05, 3.63) is 48.5 Å². The number of thioether (sulfide) groups is 2. The van der Waals surface area contributed by atoms with Gasteiger partial charge in [0.1, 0.15) is 0 Å². The molecule has 0 aromatic heterocycles. The molecule has 0 radical (unpaired) electrons. The fraction of sp³-hybridized carbons (Fsp3) is 0.316. The second-order valence-corrected chi connectivity index (χ2v) is 9.60. The Hall–Kier alpha value is -1.84. The second kappa shape index (κ2) is 12.1. The molecule has 0 spiro atoms. The van der Waals surface area contributed by atoms with Crippen molar-refractivity contribution in [3.63, 3.8) is 0 Å². The van der Waals surface area contributed by atoms with Gasteiger partial charge in [-0.05, 0) is 67.5 Å². The Labute approximate surface area is 184 Å². The van der Waals surface area contributed by atoms with Crippen molar-refractivity contribution in [1.29, 1.82) is 0 Å². The van der Waals surface area contributed by atoms with Crippen LogP contribution in [0.2, 0.25) is 0 Å². The van der Waals surface area contributed by atoms with Gasteiger partial charge in [-0.2, -0.15) is 0 Å². The van der Waals surface area contributed by atoms with Gasteiger partial charge < -0.3 is 20.2 Å². The van der Waals surface area contributed by atoms with Crippen LogP contribution >= 0.6 is 31.1 Å². The van der Waals surface area contributed by atoms with Crippen LogP contribution < -0.4 is 15.5 Å². The van der Waals surface area contributed by atoms with Crippen LogP contribution in [0.25, 0.3) is 0 Å². The molecule has 2 aromatic rings. The fourth-order valence-corrected chi connectivity index (χ4v) is 4.44. The van der Waals surface area contributed by atoms with Gasteiger partial charge in [0.2, 0.25) is 5.85 Å². The molecule has 1 unspecified atom stereocenters. The summed E-state index contributed by atoms with van der Waals surface area (Å²) < 4.78 is 28.6. The van der Waals surface area contributed by atoms with E-state index in [1.165, 1.54) is 0 Å². The smallest absolute Gasteiger partial charge is 0.433 e. The Morgan fingerprint density at radius 2 is 1.37 bits per heavy atom. The van der Waals surface area contributed by atoms with Crippen LogP contribution in [0.15, 0.2) is 58.3 Å². The summed E-state index contributed by atoms with van der Waals surface area (Å²) in [6, 6.07) is 13.8. The maximum atomic E-state index is 13.4. The van der Waals surface area contributed by atoms with Crippen molar-refractivity contribution < 1.29 is 33.2 Å². The molecule has 0 aliphatic heterocycles. The van der Waals surface area contributed by atoms with Crippen LogP contribution in [0.1, 0.15) is 19.8 Å². The third-order valence-corrected chi connectivity index (χ3v) is 6.85. The average Bonchev–Trinajstić information content (AvgIpc) is 2.76. The Kier molecular flexibility index (Phi) is 9.87. The molecule has 0 bridgehead atoms. The molecule has 1 atom stereocenters. The number of hydrogen-bond donors (Lipinski definition) is 1. The van der Waals surface area contributed by atoms with E-state index in [0.29, 0.717) is 6.42 Å². The standard InChI is InChI=1S/C19H24NO7PS2/c1-4-5-18(23-19(20)21)28(22,26-24-14-6-10-16(29-2)11-7-14)27-25-15-8-12-17(30-3)13-9-15/h6-13,18H,4-5H2,1-3H3,(H2,20,21). The van der Waals surface area contributed by atoms with E-state index in [2.05, 4.69) is 0 Å². The zero-order valence-electron chi connectivity index (χ0n) is 16.8. The molecule has 2 N–H and O–H groups in total. The van der Waals surface area contributed by atoms with Crippen LogP contribution in [0, 0.1) is 0 Å². The van der Waals surface area contributed by atoms with Gasteiger partial charge in [-0.25, -0.2) is 9.36 Å². The maximum Gasteiger partial charge on any atom is 0.443 e. The van der Waals surface area contributed by atoms with Gasteiger partial charge in [0.25, 0.3) is 0 Å². The second-order valence-electron chi connectivity index (χ2n) is 5.89. The van der Waals surface area contributed by atoms with Gasteiger partial charge in [-0.15, -0.1) is 23.5 Å². The molecule has 164 valence electrons. The number of benzene rings is 2. The van der Waals surface area contributed by atoms with Crippen molar-refractivity contribution in [2.45, 2.75) is 35.4 Å². The molecule has 11 heteroatoms. The number of carbonyl (C=O) groups excluding carboxylic acids is 1. The van der Waals surface area contributed by atoms with Gasteiger partial charge in [-0.1, -0.05) is 22.7 Å². The van der Waals surface area contributed by atoms with E-state index in [1.54, 1.807) is 47.8 Å². The normalized spacial score (nSPS) is 12.2. The lowest BCUT2D eigenvalue weighted by atomic mass is 10.3. The largest absolute Gasteiger partial charge is 0.443 e. The van der Waals surface area contributed by atoms with Crippen LogP contribution in [0.4, 0.5) is 4.79 Å². The first-order chi connectivity index (χ1) is 14.4. The van der Waals surface area contributed by atoms with E-state index in [0.717, 1.165) is 9.79 Å². The molecule has 2 aromatic carbocycles. The van der Waals surface area contributed by atoms with E-state index in [9.17, 15) is 9.36 Å². The number of carbonyl (C=O) groups is 1. The zero-order valence-corrected chi connectivity index (χ0v) is 19.3. The van der Waals surface area contributed by atoms with Crippen molar-refractivity contribution in [2.75, 3.05) is 12.5 Å². The molecule has 8 nitrogen and oxygen atoms in total. The monoisotopic (exact) mass is 473 g/mol. The molecular formula is C19H24NO7PS2. The summed E-state index contributed by atoms with van der Waals surface area (Å²) in [5.74, 6) is -0.735. The molecule has 0 aliphatic carbocycles. The molecule has 30 heavy (non-hydrogen) atoms. The van der Waals surface area contributed by atoms with Gasteiger partial charge in [0.15, 0.2) is 11.5 Å². The summed E-state index contributed by atoms with van der Waals surface area (Å²) in [6.45, 7) is 1.81. The molecule has 0 heterocycles. The summed E-state index contributed by atoms with van der Waals surface area (Å²) in [6.07, 6.45) is 3.43. The summed E-state index contributed by atoms with van der Waals surface area (Å²) >= 11 is 3.12.